The zero-order valence-electron chi connectivity index (χ0n) is 12.1. The summed E-state index contributed by atoms with van der Waals surface area (Å²) in [5, 5.41) is 17.2. The van der Waals surface area contributed by atoms with Gasteiger partial charge in [0.15, 0.2) is 0 Å². The molecule has 0 aliphatic carbocycles. The molecule has 1 rings (SSSR count). The lowest BCUT2D eigenvalue weighted by atomic mass is 10.1. The number of nitriles is 1. The van der Waals surface area contributed by atoms with Gasteiger partial charge in [-0.15, -0.1) is 0 Å². The normalized spacial score (nSPS) is 11.9. The van der Waals surface area contributed by atoms with E-state index in [1.165, 1.54) is 24.5 Å². The Hall–Kier alpha value is -2.60. The van der Waals surface area contributed by atoms with Crippen LogP contribution in [0, 0.1) is 11.3 Å². The first-order chi connectivity index (χ1) is 10.2. The Morgan fingerprint density at radius 1 is 1.24 bits per heavy atom. The molecule has 0 aliphatic heterocycles. The number of aliphatic carboxylic acids is 1. The molecule has 0 saturated heterocycles. The van der Waals surface area contributed by atoms with E-state index in [9.17, 15) is 4.79 Å². The number of hydrogen-bond donors (Lipinski definition) is 1. The third-order valence-electron chi connectivity index (χ3n) is 2.92. The molecule has 0 bridgehead atoms. The Morgan fingerprint density at radius 3 is 2.52 bits per heavy atom. The number of carbonyl (C=O) groups is 1. The summed E-state index contributed by atoms with van der Waals surface area (Å²) < 4.78 is 0. The van der Waals surface area contributed by atoms with Crippen LogP contribution in [-0.4, -0.2) is 11.1 Å². The fraction of sp³-hybridized carbons (Fsp3) is 0.222. The minimum Gasteiger partial charge on any atom is -0.477 e. The molecule has 0 heterocycles. The van der Waals surface area contributed by atoms with Crippen LogP contribution in [-0.2, 0) is 11.2 Å². The molecule has 1 aromatic rings. The van der Waals surface area contributed by atoms with Crippen molar-refractivity contribution in [2.75, 3.05) is 0 Å². The first-order valence-electron chi connectivity index (χ1n) is 6.94. The van der Waals surface area contributed by atoms with E-state index >= 15 is 0 Å². The molecular formula is C18H19NO2. The van der Waals surface area contributed by atoms with Gasteiger partial charge in [-0.25, -0.2) is 4.79 Å². The van der Waals surface area contributed by atoms with E-state index < -0.39 is 5.97 Å². The second kappa shape index (κ2) is 9.33. The topological polar surface area (TPSA) is 61.1 Å². The average molecular weight is 281 g/mol. The van der Waals surface area contributed by atoms with Crippen LogP contribution in [0.1, 0.15) is 30.9 Å². The molecular weight excluding hydrogens is 262 g/mol. The second-order valence-corrected chi connectivity index (χ2v) is 4.59. The smallest absolute Gasteiger partial charge is 0.346 e. The molecule has 3 heteroatoms. The van der Waals surface area contributed by atoms with Crippen LogP contribution in [0.2, 0.25) is 0 Å². The van der Waals surface area contributed by atoms with Crippen LogP contribution < -0.4 is 0 Å². The van der Waals surface area contributed by atoms with Crippen molar-refractivity contribution in [2.45, 2.75) is 26.2 Å². The molecule has 0 atom stereocenters. The molecule has 1 aromatic carbocycles. The first-order valence-corrected chi connectivity index (χ1v) is 6.94. The number of aryl methyl sites for hydroxylation is 1. The van der Waals surface area contributed by atoms with E-state index in [0.29, 0.717) is 0 Å². The quantitative estimate of drug-likeness (QED) is 0.464. The lowest BCUT2D eigenvalue weighted by Crippen LogP contribution is -1.96. The van der Waals surface area contributed by atoms with Crippen LogP contribution in [0.25, 0.3) is 6.08 Å². The van der Waals surface area contributed by atoms with Gasteiger partial charge in [-0.1, -0.05) is 61.9 Å². The van der Waals surface area contributed by atoms with Gasteiger partial charge in [-0.2, -0.15) is 5.26 Å². The number of carboxylic acid groups (broad SMARTS) is 1. The third kappa shape index (κ3) is 6.40. The summed E-state index contributed by atoms with van der Waals surface area (Å²) in [6, 6.07) is 9.98. The number of unbranched alkanes of at least 4 members (excludes halogenated alkanes) is 1. The van der Waals surface area contributed by atoms with Crippen LogP contribution in [0.3, 0.4) is 0 Å². The molecule has 21 heavy (non-hydrogen) atoms. The molecule has 0 fully saturated rings. The van der Waals surface area contributed by atoms with E-state index in [-0.39, 0.29) is 5.57 Å². The minimum absolute atomic E-state index is 0.278. The van der Waals surface area contributed by atoms with E-state index in [0.717, 1.165) is 12.0 Å². The van der Waals surface area contributed by atoms with Gasteiger partial charge >= 0.3 is 5.97 Å². The van der Waals surface area contributed by atoms with Crippen molar-refractivity contribution in [3.63, 3.8) is 0 Å². The lowest BCUT2D eigenvalue weighted by Gasteiger charge is -1.99. The Morgan fingerprint density at radius 2 is 1.95 bits per heavy atom. The lowest BCUT2D eigenvalue weighted by molar-refractivity contribution is -0.132. The van der Waals surface area contributed by atoms with Gasteiger partial charge in [0, 0.05) is 0 Å². The van der Waals surface area contributed by atoms with Gasteiger partial charge in [0.05, 0.1) is 0 Å². The maximum atomic E-state index is 10.6. The van der Waals surface area contributed by atoms with E-state index in [1.54, 1.807) is 18.2 Å². The number of rotatable bonds is 7. The largest absolute Gasteiger partial charge is 0.477 e. The highest BCUT2D eigenvalue weighted by molar-refractivity contribution is 5.91. The van der Waals surface area contributed by atoms with Gasteiger partial charge in [-0.05, 0) is 30.0 Å². The number of carboxylic acids is 1. The van der Waals surface area contributed by atoms with Crippen molar-refractivity contribution in [1.29, 1.82) is 5.26 Å². The van der Waals surface area contributed by atoms with Crippen molar-refractivity contribution >= 4 is 12.0 Å². The van der Waals surface area contributed by atoms with Gasteiger partial charge < -0.3 is 5.11 Å². The predicted octanol–water partition coefficient (Wildman–Crippen LogP) is 4.13. The first kappa shape index (κ1) is 16.5. The molecule has 1 N–H and O–H groups in total. The number of benzene rings is 1. The number of nitrogens with zero attached hydrogens (tertiary/aromatic N) is 1. The zero-order valence-corrected chi connectivity index (χ0v) is 12.1. The van der Waals surface area contributed by atoms with Crippen LogP contribution in [0.4, 0.5) is 0 Å². The summed E-state index contributed by atoms with van der Waals surface area (Å²) in [4.78, 5) is 10.6. The van der Waals surface area contributed by atoms with Crippen molar-refractivity contribution in [1.82, 2.24) is 0 Å². The van der Waals surface area contributed by atoms with Crippen molar-refractivity contribution < 1.29 is 9.90 Å². The maximum Gasteiger partial charge on any atom is 0.346 e. The molecule has 0 aromatic heterocycles. The Bertz CT molecular complexity index is 587. The monoisotopic (exact) mass is 281 g/mol. The summed E-state index contributed by atoms with van der Waals surface area (Å²) in [7, 11) is 0. The predicted molar refractivity (Wildman–Crippen MR) is 84.6 cm³/mol. The summed E-state index contributed by atoms with van der Waals surface area (Å²) in [5.74, 6) is -1.21. The fourth-order valence-corrected chi connectivity index (χ4v) is 1.72. The molecule has 0 radical (unpaired) electrons. The van der Waals surface area contributed by atoms with Crippen LogP contribution in [0.15, 0.2) is 54.1 Å². The Balaban J connectivity index is 2.57. The minimum atomic E-state index is -1.21. The molecule has 0 saturated carbocycles. The van der Waals surface area contributed by atoms with Crippen LogP contribution in [0.5, 0.6) is 0 Å². The summed E-state index contributed by atoms with van der Waals surface area (Å²) in [5.41, 5.74) is 2.15. The van der Waals surface area contributed by atoms with Crippen LogP contribution >= 0.6 is 0 Å². The highest BCUT2D eigenvalue weighted by Gasteiger charge is 2.01. The average Bonchev–Trinajstić information content (AvgIpc) is 2.49. The van der Waals surface area contributed by atoms with Gasteiger partial charge in [0.2, 0.25) is 0 Å². The molecule has 0 spiro atoms. The molecule has 0 aliphatic rings. The van der Waals surface area contributed by atoms with E-state index in [4.69, 9.17) is 10.4 Å². The van der Waals surface area contributed by atoms with E-state index in [2.05, 4.69) is 31.2 Å². The van der Waals surface area contributed by atoms with E-state index in [1.807, 2.05) is 12.2 Å². The second-order valence-electron chi connectivity index (χ2n) is 4.59. The third-order valence-corrected chi connectivity index (χ3v) is 2.92. The molecule has 0 amide bonds. The summed E-state index contributed by atoms with van der Waals surface area (Å²) in [6.07, 6.45) is 11.8. The Kier molecular flexibility index (Phi) is 7.31. The summed E-state index contributed by atoms with van der Waals surface area (Å²) in [6.45, 7) is 2.18. The van der Waals surface area contributed by atoms with Crippen molar-refractivity contribution in [3.8, 4) is 6.07 Å². The SMILES string of the molecule is CCCCc1ccc(C=CC=CC=C(C#N)C(=O)O)cc1. The Labute approximate surface area is 125 Å². The highest BCUT2D eigenvalue weighted by Crippen LogP contribution is 2.09. The van der Waals surface area contributed by atoms with Gasteiger partial charge in [0.25, 0.3) is 0 Å². The number of allylic oxidation sites excluding steroid dienone is 4. The van der Waals surface area contributed by atoms with Crippen molar-refractivity contribution in [3.05, 3.63) is 65.3 Å². The maximum absolute atomic E-state index is 10.6. The summed E-state index contributed by atoms with van der Waals surface area (Å²) >= 11 is 0. The van der Waals surface area contributed by atoms with Gasteiger partial charge in [0.1, 0.15) is 11.6 Å². The molecule has 3 nitrogen and oxygen atoms in total. The molecule has 108 valence electrons. The highest BCUT2D eigenvalue weighted by atomic mass is 16.4. The zero-order chi connectivity index (χ0) is 15.5. The van der Waals surface area contributed by atoms with Crippen molar-refractivity contribution in [2.24, 2.45) is 0 Å². The standard InChI is InChI=1S/C18H19NO2/c1-2-3-7-15-10-12-16(13-11-15)8-5-4-6-9-17(14-19)18(20)21/h4-6,8-13H,2-3,7H2,1H3,(H,20,21). The molecule has 0 unspecified atom stereocenters. The fourth-order valence-electron chi connectivity index (χ4n) is 1.72. The number of hydrogen-bond acceptors (Lipinski definition) is 2. The van der Waals surface area contributed by atoms with Gasteiger partial charge in [-0.3, -0.25) is 0 Å².